The second-order valence-electron chi connectivity index (χ2n) is 6.86. The molecule has 1 unspecified atom stereocenters. The van der Waals surface area contributed by atoms with Crippen molar-refractivity contribution in [2.24, 2.45) is 4.99 Å². The number of nitrogens with one attached hydrogen (secondary N) is 2. The molecule has 3 N–H and O–H groups in total. The molecular formula is C18H28IN5O2. The van der Waals surface area contributed by atoms with Crippen molar-refractivity contribution in [1.82, 2.24) is 20.8 Å². The van der Waals surface area contributed by atoms with E-state index < -0.39 is 0 Å². The molecule has 26 heavy (non-hydrogen) atoms. The number of aliphatic hydroxyl groups is 1. The number of aliphatic hydroxyl groups excluding tert-OH is 1. The number of aliphatic imine (C=N–C) groups is 1. The molecule has 0 aliphatic heterocycles. The van der Waals surface area contributed by atoms with Gasteiger partial charge in [-0.15, -0.1) is 24.0 Å². The number of hydrogen-bond acceptors (Lipinski definition) is 5. The Morgan fingerprint density at radius 3 is 2.46 bits per heavy atom. The highest BCUT2D eigenvalue weighted by molar-refractivity contribution is 14.0. The van der Waals surface area contributed by atoms with Gasteiger partial charge in [0.15, 0.2) is 11.8 Å². The van der Waals surface area contributed by atoms with Gasteiger partial charge in [-0.1, -0.05) is 56.3 Å². The molecule has 1 atom stereocenters. The summed E-state index contributed by atoms with van der Waals surface area (Å²) < 4.78 is 5.27. The third-order valence-electron chi connectivity index (χ3n) is 3.75. The standard InChI is InChI=1S/C18H27N5O2.HI/c1-18(2,3)16-22-15(23-25-16)11-21-17(19-4)20-10-14(12-24)13-8-6-5-7-9-13;/h5-9,14,24H,10-12H2,1-4H3,(H2,19,20,21);1H. The van der Waals surface area contributed by atoms with Crippen LogP contribution in [0.5, 0.6) is 0 Å². The minimum absolute atomic E-state index is 0. The number of halogens is 1. The number of nitrogens with zero attached hydrogens (tertiary/aromatic N) is 3. The van der Waals surface area contributed by atoms with E-state index in [0.29, 0.717) is 30.8 Å². The summed E-state index contributed by atoms with van der Waals surface area (Å²) >= 11 is 0. The Morgan fingerprint density at radius 2 is 1.92 bits per heavy atom. The van der Waals surface area contributed by atoms with Crippen LogP contribution in [0.25, 0.3) is 0 Å². The highest BCUT2D eigenvalue weighted by atomic mass is 127. The number of hydrogen-bond donors (Lipinski definition) is 3. The summed E-state index contributed by atoms with van der Waals surface area (Å²) in [4.78, 5) is 8.57. The predicted octanol–water partition coefficient (Wildman–Crippen LogP) is 2.43. The van der Waals surface area contributed by atoms with Gasteiger partial charge >= 0.3 is 0 Å². The van der Waals surface area contributed by atoms with E-state index in [4.69, 9.17) is 4.52 Å². The van der Waals surface area contributed by atoms with E-state index in [1.807, 2.05) is 51.1 Å². The molecule has 0 spiro atoms. The smallest absolute Gasteiger partial charge is 0.232 e. The fourth-order valence-corrected chi connectivity index (χ4v) is 2.25. The summed E-state index contributed by atoms with van der Waals surface area (Å²) in [5, 5.41) is 20.0. The second-order valence-corrected chi connectivity index (χ2v) is 6.86. The SMILES string of the molecule is CN=C(NCc1noc(C(C)(C)C)n1)NCC(CO)c1ccccc1.I. The van der Waals surface area contributed by atoms with E-state index in [1.165, 1.54) is 0 Å². The van der Waals surface area contributed by atoms with Crippen LogP contribution in [0, 0.1) is 0 Å². The predicted molar refractivity (Wildman–Crippen MR) is 113 cm³/mol. The zero-order chi connectivity index (χ0) is 18.3. The Balaban J connectivity index is 0.00000338. The molecule has 1 heterocycles. The Hall–Kier alpha value is -1.68. The Morgan fingerprint density at radius 1 is 1.23 bits per heavy atom. The first-order chi connectivity index (χ1) is 11.9. The second kappa shape index (κ2) is 10.5. The van der Waals surface area contributed by atoms with Gasteiger partial charge in [-0.2, -0.15) is 4.98 Å². The van der Waals surface area contributed by atoms with E-state index in [-0.39, 0.29) is 41.9 Å². The highest BCUT2D eigenvalue weighted by Gasteiger charge is 2.21. The van der Waals surface area contributed by atoms with E-state index in [0.717, 1.165) is 5.56 Å². The van der Waals surface area contributed by atoms with E-state index >= 15 is 0 Å². The fourth-order valence-electron chi connectivity index (χ4n) is 2.25. The molecule has 0 amide bonds. The van der Waals surface area contributed by atoms with Crippen LogP contribution in [-0.4, -0.2) is 41.4 Å². The third kappa shape index (κ3) is 6.56. The number of rotatable bonds is 6. The molecule has 0 bridgehead atoms. The maximum atomic E-state index is 9.62. The Bertz CT molecular complexity index is 682. The van der Waals surface area contributed by atoms with Gasteiger partial charge < -0.3 is 20.3 Å². The van der Waals surface area contributed by atoms with Crippen LogP contribution in [0.2, 0.25) is 0 Å². The summed E-state index contributed by atoms with van der Waals surface area (Å²) in [6.07, 6.45) is 0. The van der Waals surface area contributed by atoms with Crippen LogP contribution in [-0.2, 0) is 12.0 Å². The Labute approximate surface area is 171 Å². The first kappa shape index (κ1) is 22.4. The van der Waals surface area contributed by atoms with Crippen molar-refractivity contribution in [3.8, 4) is 0 Å². The summed E-state index contributed by atoms with van der Waals surface area (Å²) in [6, 6.07) is 9.91. The van der Waals surface area contributed by atoms with Gasteiger partial charge in [0.05, 0.1) is 13.2 Å². The van der Waals surface area contributed by atoms with Gasteiger partial charge in [-0.3, -0.25) is 4.99 Å². The first-order valence-electron chi connectivity index (χ1n) is 8.37. The fraction of sp³-hybridized carbons (Fsp3) is 0.500. The number of aromatic nitrogens is 2. The summed E-state index contributed by atoms with van der Waals surface area (Å²) in [7, 11) is 1.70. The van der Waals surface area contributed by atoms with Crippen LogP contribution >= 0.6 is 24.0 Å². The van der Waals surface area contributed by atoms with Crippen LogP contribution in [0.1, 0.15) is 44.0 Å². The van der Waals surface area contributed by atoms with Crippen LogP contribution in [0.15, 0.2) is 39.8 Å². The maximum Gasteiger partial charge on any atom is 0.232 e. The molecule has 0 aliphatic carbocycles. The van der Waals surface area contributed by atoms with Gasteiger partial charge in [0.25, 0.3) is 0 Å². The summed E-state index contributed by atoms with van der Waals surface area (Å²) in [5.74, 6) is 1.81. The van der Waals surface area contributed by atoms with Crippen molar-refractivity contribution in [1.29, 1.82) is 0 Å². The van der Waals surface area contributed by atoms with E-state index in [1.54, 1.807) is 7.05 Å². The molecule has 1 aromatic carbocycles. The third-order valence-corrected chi connectivity index (χ3v) is 3.75. The summed E-state index contributed by atoms with van der Waals surface area (Å²) in [5.41, 5.74) is 0.913. The maximum absolute atomic E-state index is 9.62. The number of benzene rings is 1. The molecule has 7 nitrogen and oxygen atoms in total. The number of guanidine groups is 1. The van der Waals surface area contributed by atoms with Gasteiger partial charge in [0.2, 0.25) is 5.89 Å². The minimum atomic E-state index is -0.171. The summed E-state index contributed by atoms with van der Waals surface area (Å²) in [6.45, 7) is 7.12. The molecule has 1 aromatic heterocycles. The normalized spacial score (nSPS) is 13.0. The topological polar surface area (TPSA) is 95.6 Å². The molecule has 0 aliphatic rings. The van der Waals surface area contributed by atoms with Crippen LogP contribution in [0.3, 0.4) is 0 Å². The molecule has 144 valence electrons. The molecule has 0 radical (unpaired) electrons. The van der Waals surface area contributed by atoms with Gasteiger partial charge in [0, 0.05) is 24.9 Å². The molecule has 8 heteroatoms. The average molecular weight is 473 g/mol. The van der Waals surface area contributed by atoms with Gasteiger partial charge in [0.1, 0.15) is 0 Å². The molecule has 0 saturated carbocycles. The van der Waals surface area contributed by atoms with Crippen LogP contribution < -0.4 is 10.6 Å². The van der Waals surface area contributed by atoms with Crippen molar-refractivity contribution in [2.45, 2.75) is 38.6 Å². The van der Waals surface area contributed by atoms with E-state index in [9.17, 15) is 5.11 Å². The lowest BCUT2D eigenvalue weighted by atomic mass is 9.97. The zero-order valence-corrected chi connectivity index (χ0v) is 18.0. The van der Waals surface area contributed by atoms with Crippen molar-refractivity contribution in [3.05, 3.63) is 47.6 Å². The van der Waals surface area contributed by atoms with Crippen molar-refractivity contribution in [2.75, 3.05) is 20.2 Å². The quantitative estimate of drug-likeness (QED) is 0.339. The first-order valence-corrected chi connectivity index (χ1v) is 8.37. The molecule has 0 fully saturated rings. The van der Waals surface area contributed by atoms with Crippen molar-refractivity contribution < 1.29 is 9.63 Å². The average Bonchev–Trinajstić information content (AvgIpc) is 3.08. The van der Waals surface area contributed by atoms with Crippen molar-refractivity contribution in [3.63, 3.8) is 0 Å². The van der Waals surface area contributed by atoms with E-state index in [2.05, 4.69) is 25.8 Å². The monoisotopic (exact) mass is 473 g/mol. The zero-order valence-electron chi connectivity index (χ0n) is 15.7. The Kier molecular flexibility index (Phi) is 9.00. The van der Waals surface area contributed by atoms with Crippen molar-refractivity contribution >= 4 is 29.9 Å². The molecule has 0 saturated heterocycles. The lowest BCUT2D eigenvalue weighted by Gasteiger charge is -2.17. The molecular weight excluding hydrogens is 445 g/mol. The van der Waals surface area contributed by atoms with Crippen LogP contribution in [0.4, 0.5) is 0 Å². The highest BCUT2D eigenvalue weighted by Crippen LogP contribution is 2.19. The molecule has 2 rings (SSSR count). The largest absolute Gasteiger partial charge is 0.396 e. The lowest BCUT2D eigenvalue weighted by Crippen LogP contribution is -2.39. The molecule has 2 aromatic rings. The lowest BCUT2D eigenvalue weighted by molar-refractivity contribution is 0.265. The van der Waals surface area contributed by atoms with Gasteiger partial charge in [-0.05, 0) is 5.56 Å². The van der Waals surface area contributed by atoms with Gasteiger partial charge in [-0.25, -0.2) is 0 Å². The minimum Gasteiger partial charge on any atom is -0.396 e.